The van der Waals surface area contributed by atoms with E-state index in [4.69, 9.17) is 4.74 Å². The standard InChI is InChI=1S/C17H23NO2/c1-3-20-17(19)12-16-11-7-8-14(2)18(16)13-15-9-5-4-6-10-15/h4-6,9-10,12,14H,3,7-8,11,13H2,1-2H3/b16-12+. The highest BCUT2D eigenvalue weighted by molar-refractivity contribution is 5.82. The van der Waals surface area contributed by atoms with Crippen LogP contribution in [0.1, 0.15) is 38.7 Å². The number of allylic oxidation sites excluding steroid dienone is 1. The number of hydrogen-bond acceptors (Lipinski definition) is 3. The van der Waals surface area contributed by atoms with Crippen molar-refractivity contribution in [2.24, 2.45) is 0 Å². The van der Waals surface area contributed by atoms with Crippen molar-refractivity contribution < 1.29 is 9.53 Å². The molecule has 1 heterocycles. The zero-order valence-electron chi connectivity index (χ0n) is 12.3. The molecule has 0 spiro atoms. The van der Waals surface area contributed by atoms with Crippen LogP contribution in [0.4, 0.5) is 0 Å². The highest BCUT2D eigenvalue weighted by atomic mass is 16.5. The fourth-order valence-corrected chi connectivity index (χ4v) is 2.67. The van der Waals surface area contributed by atoms with Crippen LogP contribution in [-0.4, -0.2) is 23.5 Å². The number of ether oxygens (including phenoxy) is 1. The van der Waals surface area contributed by atoms with Crippen molar-refractivity contribution in [3.05, 3.63) is 47.7 Å². The molecular formula is C17H23NO2. The zero-order valence-corrected chi connectivity index (χ0v) is 12.3. The molecule has 2 rings (SSSR count). The van der Waals surface area contributed by atoms with Crippen LogP contribution in [0.25, 0.3) is 0 Å². The molecule has 108 valence electrons. The molecule has 3 heteroatoms. The fraction of sp³-hybridized carbons (Fsp3) is 0.471. The van der Waals surface area contributed by atoms with Gasteiger partial charge in [0.1, 0.15) is 0 Å². The van der Waals surface area contributed by atoms with E-state index in [1.807, 2.05) is 13.0 Å². The number of piperidine rings is 1. The number of benzene rings is 1. The van der Waals surface area contributed by atoms with E-state index in [0.717, 1.165) is 25.1 Å². The number of rotatable bonds is 4. The van der Waals surface area contributed by atoms with Crippen molar-refractivity contribution in [3.63, 3.8) is 0 Å². The Hall–Kier alpha value is -1.77. The highest BCUT2D eigenvalue weighted by Gasteiger charge is 2.22. The molecule has 1 fully saturated rings. The van der Waals surface area contributed by atoms with Crippen LogP contribution in [0.5, 0.6) is 0 Å². The van der Waals surface area contributed by atoms with E-state index in [0.29, 0.717) is 12.6 Å². The smallest absolute Gasteiger partial charge is 0.332 e. The minimum Gasteiger partial charge on any atom is -0.463 e. The molecule has 0 aromatic heterocycles. The van der Waals surface area contributed by atoms with Crippen molar-refractivity contribution in [1.29, 1.82) is 0 Å². The Morgan fingerprint density at radius 3 is 2.85 bits per heavy atom. The molecule has 0 aliphatic carbocycles. The summed E-state index contributed by atoms with van der Waals surface area (Å²) in [5, 5.41) is 0. The summed E-state index contributed by atoms with van der Waals surface area (Å²) in [7, 11) is 0. The monoisotopic (exact) mass is 273 g/mol. The summed E-state index contributed by atoms with van der Waals surface area (Å²) in [6.07, 6.45) is 4.93. The minimum atomic E-state index is -0.227. The van der Waals surface area contributed by atoms with Gasteiger partial charge in [-0.1, -0.05) is 30.3 Å². The number of carbonyl (C=O) groups is 1. The maximum absolute atomic E-state index is 11.7. The third kappa shape index (κ3) is 3.86. The number of esters is 1. The summed E-state index contributed by atoms with van der Waals surface area (Å²) in [5.41, 5.74) is 2.38. The van der Waals surface area contributed by atoms with Crippen LogP contribution in [0.2, 0.25) is 0 Å². The van der Waals surface area contributed by atoms with Gasteiger partial charge in [0.25, 0.3) is 0 Å². The lowest BCUT2D eigenvalue weighted by Gasteiger charge is -2.37. The molecule has 1 aliphatic rings. The van der Waals surface area contributed by atoms with E-state index in [1.54, 1.807) is 6.08 Å². The van der Waals surface area contributed by atoms with Crippen LogP contribution in [0, 0.1) is 0 Å². The topological polar surface area (TPSA) is 29.5 Å². The maximum Gasteiger partial charge on any atom is 0.332 e. The zero-order chi connectivity index (χ0) is 14.4. The van der Waals surface area contributed by atoms with Crippen molar-refractivity contribution in [1.82, 2.24) is 4.90 Å². The molecule has 1 atom stereocenters. The molecule has 1 unspecified atom stereocenters. The van der Waals surface area contributed by atoms with Gasteiger partial charge in [0.15, 0.2) is 0 Å². The number of carbonyl (C=O) groups excluding carboxylic acids is 1. The quantitative estimate of drug-likeness (QED) is 0.621. The van der Waals surface area contributed by atoms with Crippen molar-refractivity contribution in [2.75, 3.05) is 6.61 Å². The van der Waals surface area contributed by atoms with E-state index in [-0.39, 0.29) is 5.97 Å². The summed E-state index contributed by atoms with van der Waals surface area (Å²) in [4.78, 5) is 14.0. The Bertz CT molecular complexity index is 467. The average Bonchev–Trinajstić information content (AvgIpc) is 2.44. The normalized spacial score (nSPS) is 21.0. The molecule has 0 bridgehead atoms. The Labute approximate surface area is 121 Å². The van der Waals surface area contributed by atoms with Crippen LogP contribution in [-0.2, 0) is 16.1 Å². The second-order valence-corrected chi connectivity index (χ2v) is 5.24. The molecule has 20 heavy (non-hydrogen) atoms. The van der Waals surface area contributed by atoms with Crippen LogP contribution in [0.15, 0.2) is 42.1 Å². The lowest BCUT2D eigenvalue weighted by molar-refractivity contribution is -0.137. The first-order valence-corrected chi connectivity index (χ1v) is 7.38. The van der Waals surface area contributed by atoms with Gasteiger partial charge >= 0.3 is 5.97 Å². The van der Waals surface area contributed by atoms with Crippen molar-refractivity contribution >= 4 is 5.97 Å². The largest absolute Gasteiger partial charge is 0.463 e. The SMILES string of the molecule is CCOC(=O)/C=C1\CCCC(C)N1Cc1ccccc1. The Kier molecular flexibility index (Phi) is 5.22. The maximum atomic E-state index is 11.7. The molecule has 0 radical (unpaired) electrons. The van der Waals surface area contributed by atoms with Crippen LogP contribution < -0.4 is 0 Å². The van der Waals surface area contributed by atoms with E-state index < -0.39 is 0 Å². The molecular weight excluding hydrogens is 250 g/mol. The van der Waals surface area contributed by atoms with E-state index in [9.17, 15) is 4.79 Å². The summed E-state index contributed by atoms with van der Waals surface area (Å²) in [6, 6.07) is 10.9. The molecule has 0 amide bonds. The van der Waals surface area contributed by atoms with Gasteiger partial charge in [0, 0.05) is 24.4 Å². The summed E-state index contributed by atoms with van der Waals surface area (Å²) in [6.45, 7) is 5.34. The number of nitrogens with zero attached hydrogens (tertiary/aromatic N) is 1. The second-order valence-electron chi connectivity index (χ2n) is 5.24. The van der Waals surface area contributed by atoms with Gasteiger partial charge in [-0.2, -0.15) is 0 Å². The first-order chi connectivity index (χ1) is 9.70. The van der Waals surface area contributed by atoms with Gasteiger partial charge in [-0.25, -0.2) is 4.79 Å². The van der Waals surface area contributed by atoms with Gasteiger partial charge in [-0.3, -0.25) is 0 Å². The second kappa shape index (κ2) is 7.13. The van der Waals surface area contributed by atoms with Gasteiger partial charge in [0.2, 0.25) is 0 Å². The number of hydrogen-bond donors (Lipinski definition) is 0. The minimum absolute atomic E-state index is 0.227. The van der Waals surface area contributed by atoms with Crippen LogP contribution in [0.3, 0.4) is 0 Å². The molecule has 0 saturated carbocycles. The Morgan fingerprint density at radius 1 is 1.40 bits per heavy atom. The number of likely N-dealkylation sites (tertiary alicyclic amines) is 1. The molecule has 1 aromatic rings. The third-order valence-corrected chi connectivity index (χ3v) is 3.72. The third-order valence-electron chi connectivity index (χ3n) is 3.72. The van der Waals surface area contributed by atoms with Gasteiger partial charge in [-0.05, 0) is 38.7 Å². The Balaban J connectivity index is 2.14. The predicted octanol–water partition coefficient (Wildman–Crippen LogP) is 3.51. The molecule has 1 aliphatic heterocycles. The molecule has 1 aromatic carbocycles. The summed E-state index contributed by atoms with van der Waals surface area (Å²) in [5.74, 6) is -0.227. The lowest BCUT2D eigenvalue weighted by Crippen LogP contribution is -2.35. The molecule has 0 N–H and O–H groups in total. The van der Waals surface area contributed by atoms with E-state index in [1.165, 1.54) is 12.0 Å². The highest BCUT2D eigenvalue weighted by Crippen LogP contribution is 2.27. The average molecular weight is 273 g/mol. The summed E-state index contributed by atoms with van der Waals surface area (Å²) < 4.78 is 5.04. The van der Waals surface area contributed by atoms with Gasteiger partial charge in [0.05, 0.1) is 6.61 Å². The molecule has 3 nitrogen and oxygen atoms in total. The van der Waals surface area contributed by atoms with E-state index in [2.05, 4.69) is 36.1 Å². The lowest BCUT2D eigenvalue weighted by atomic mass is 9.99. The summed E-state index contributed by atoms with van der Waals surface area (Å²) >= 11 is 0. The fourth-order valence-electron chi connectivity index (χ4n) is 2.67. The van der Waals surface area contributed by atoms with Crippen LogP contribution >= 0.6 is 0 Å². The first-order valence-electron chi connectivity index (χ1n) is 7.38. The van der Waals surface area contributed by atoms with Crippen molar-refractivity contribution in [2.45, 2.75) is 45.7 Å². The van der Waals surface area contributed by atoms with Crippen molar-refractivity contribution in [3.8, 4) is 0 Å². The predicted molar refractivity (Wildman–Crippen MR) is 80.0 cm³/mol. The Morgan fingerprint density at radius 2 is 2.15 bits per heavy atom. The molecule has 1 saturated heterocycles. The van der Waals surface area contributed by atoms with Gasteiger partial charge < -0.3 is 9.64 Å². The van der Waals surface area contributed by atoms with E-state index >= 15 is 0 Å². The van der Waals surface area contributed by atoms with Gasteiger partial charge in [-0.15, -0.1) is 0 Å². The first kappa shape index (κ1) is 14.6.